The van der Waals surface area contributed by atoms with E-state index in [1.54, 1.807) is 4.90 Å². The van der Waals surface area contributed by atoms with Gasteiger partial charge < -0.3 is 10.6 Å². The van der Waals surface area contributed by atoms with Crippen molar-refractivity contribution in [3.05, 3.63) is 23.9 Å². The van der Waals surface area contributed by atoms with Crippen molar-refractivity contribution in [3.63, 3.8) is 0 Å². The van der Waals surface area contributed by atoms with Gasteiger partial charge in [0, 0.05) is 12.7 Å². The fraction of sp³-hybridized carbons (Fsp3) is 0.400. The first-order valence-electron chi connectivity index (χ1n) is 4.99. The van der Waals surface area contributed by atoms with E-state index in [1.807, 2.05) is 0 Å². The Hall–Kier alpha value is -1.79. The molecule has 1 fully saturated rings. The summed E-state index contributed by atoms with van der Waals surface area (Å²) in [5, 5.41) is 0. The molecule has 0 aromatic carbocycles. The minimum atomic E-state index is -4.40. The van der Waals surface area contributed by atoms with Crippen LogP contribution in [0.5, 0.6) is 0 Å². The molecule has 17 heavy (non-hydrogen) atoms. The van der Waals surface area contributed by atoms with Crippen molar-refractivity contribution in [2.75, 3.05) is 11.4 Å². The second kappa shape index (κ2) is 3.90. The highest BCUT2D eigenvalue weighted by Gasteiger charge is 2.35. The van der Waals surface area contributed by atoms with E-state index in [4.69, 9.17) is 5.73 Å². The molecule has 0 unspecified atom stereocenters. The normalized spacial score (nSPS) is 19.9. The molecule has 1 aliphatic rings. The topological polar surface area (TPSA) is 59.2 Å². The molecule has 0 bridgehead atoms. The van der Waals surface area contributed by atoms with Gasteiger partial charge in [-0.1, -0.05) is 0 Å². The molecule has 7 heteroatoms. The zero-order chi connectivity index (χ0) is 12.6. The summed E-state index contributed by atoms with van der Waals surface area (Å²) in [5.74, 6) is -0.147. The van der Waals surface area contributed by atoms with E-state index in [-0.39, 0.29) is 0 Å². The zero-order valence-corrected chi connectivity index (χ0v) is 8.74. The van der Waals surface area contributed by atoms with Crippen molar-refractivity contribution < 1.29 is 18.0 Å². The van der Waals surface area contributed by atoms with Gasteiger partial charge in [0.1, 0.15) is 11.9 Å². The van der Waals surface area contributed by atoms with E-state index in [9.17, 15) is 18.0 Å². The summed E-state index contributed by atoms with van der Waals surface area (Å²) >= 11 is 0. The first kappa shape index (κ1) is 11.7. The zero-order valence-electron chi connectivity index (χ0n) is 8.74. The molecule has 2 heterocycles. The van der Waals surface area contributed by atoms with Gasteiger partial charge in [0.15, 0.2) is 0 Å². The number of carbonyl (C=O) groups is 1. The van der Waals surface area contributed by atoms with Gasteiger partial charge in [0.05, 0.1) is 5.56 Å². The Morgan fingerprint density at radius 2 is 2.18 bits per heavy atom. The molecule has 0 saturated carbocycles. The third-order valence-electron chi connectivity index (χ3n) is 2.72. The van der Waals surface area contributed by atoms with Crippen LogP contribution in [-0.2, 0) is 11.0 Å². The molecule has 2 N–H and O–H groups in total. The van der Waals surface area contributed by atoms with Gasteiger partial charge in [-0.15, -0.1) is 0 Å². The predicted molar refractivity (Wildman–Crippen MR) is 54.2 cm³/mol. The second-order valence-corrected chi connectivity index (χ2v) is 3.80. The Kier molecular flexibility index (Phi) is 2.68. The number of primary amides is 1. The molecule has 4 nitrogen and oxygen atoms in total. The third-order valence-corrected chi connectivity index (χ3v) is 2.72. The summed E-state index contributed by atoms with van der Waals surface area (Å²) in [6.07, 6.45) is -3.03. The fourth-order valence-corrected chi connectivity index (χ4v) is 1.68. The van der Waals surface area contributed by atoms with E-state index >= 15 is 0 Å². The van der Waals surface area contributed by atoms with Gasteiger partial charge in [0.25, 0.3) is 0 Å². The maximum Gasteiger partial charge on any atom is 0.417 e. The molecule has 1 saturated heterocycles. The van der Waals surface area contributed by atoms with E-state index in [0.29, 0.717) is 18.8 Å². The summed E-state index contributed by atoms with van der Waals surface area (Å²) in [7, 11) is 0. The lowest BCUT2D eigenvalue weighted by molar-refractivity contribution is -0.137. The van der Waals surface area contributed by atoms with E-state index in [1.165, 1.54) is 6.07 Å². The van der Waals surface area contributed by atoms with Crippen LogP contribution in [-0.4, -0.2) is 23.5 Å². The number of alkyl halides is 3. The van der Waals surface area contributed by atoms with Gasteiger partial charge in [-0.05, 0) is 18.6 Å². The second-order valence-electron chi connectivity index (χ2n) is 3.80. The largest absolute Gasteiger partial charge is 0.417 e. The highest BCUT2D eigenvalue weighted by molar-refractivity contribution is 5.85. The molecule has 1 atom stereocenters. The Morgan fingerprint density at radius 3 is 2.53 bits per heavy atom. The average molecular weight is 245 g/mol. The van der Waals surface area contributed by atoms with Crippen molar-refractivity contribution >= 4 is 11.7 Å². The van der Waals surface area contributed by atoms with Gasteiger partial charge >= 0.3 is 6.18 Å². The molecule has 92 valence electrons. The van der Waals surface area contributed by atoms with Crippen molar-refractivity contribution in [1.29, 1.82) is 0 Å². The maximum atomic E-state index is 12.3. The number of carbonyl (C=O) groups excluding carboxylic acids is 1. The monoisotopic (exact) mass is 245 g/mol. The Labute approximate surface area is 95.2 Å². The van der Waals surface area contributed by atoms with Crippen LogP contribution in [0.25, 0.3) is 0 Å². The number of nitrogens with zero attached hydrogens (tertiary/aromatic N) is 2. The van der Waals surface area contributed by atoms with Crippen LogP contribution in [0.15, 0.2) is 18.3 Å². The molecule has 0 aliphatic carbocycles. The quantitative estimate of drug-likeness (QED) is 0.850. The number of anilines is 1. The van der Waals surface area contributed by atoms with Crippen LogP contribution in [0.4, 0.5) is 19.0 Å². The fourth-order valence-electron chi connectivity index (χ4n) is 1.68. The number of rotatable bonds is 2. The van der Waals surface area contributed by atoms with E-state index < -0.39 is 23.7 Å². The molecule has 1 amide bonds. The predicted octanol–water partition coefficient (Wildman–Crippen LogP) is 1.16. The highest BCUT2D eigenvalue weighted by Crippen LogP contribution is 2.31. The van der Waals surface area contributed by atoms with Gasteiger partial charge in [-0.3, -0.25) is 4.79 Å². The van der Waals surface area contributed by atoms with Gasteiger partial charge in [0.2, 0.25) is 5.91 Å². The van der Waals surface area contributed by atoms with Crippen LogP contribution < -0.4 is 10.6 Å². The van der Waals surface area contributed by atoms with E-state index in [0.717, 1.165) is 12.3 Å². The number of hydrogen-bond donors (Lipinski definition) is 1. The first-order valence-corrected chi connectivity index (χ1v) is 4.99. The minimum Gasteiger partial charge on any atom is -0.368 e. The van der Waals surface area contributed by atoms with Crippen LogP contribution in [0.3, 0.4) is 0 Å². The lowest BCUT2D eigenvalue weighted by Gasteiger charge is -2.39. The summed E-state index contributed by atoms with van der Waals surface area (Å²) in [5.41, 5.74) is 4.33. The molecular formula is C10H10F3N3O. The smallest absolute Gasteiger partial charge is 0.368 e. The lowest BCUT2D eigenvalue weighted by atomic mass is 10.0. The van der Waals surface area contributed by atoms with E-state index in [2.05, 4.69) is 4.98 Å². The average Bonchev–Trinajstić information content (AvgIpc) is 2.14. The number of nitrogens with two attached hydrogens (primary N) is 1. The van der Waals surface area contributed by atoms with Crippen molar-refractivity contribution in [1.82, 2.24) is 4.98 Å². The van der Waals surface area contributed by atoms with Gasteiger partial charge in [-0.2, -0.15) is 13.2 Å². The molecule has 0 radical (unpaired) electrons. The highest BCUT2D eigenvalue weighted by atomic mass is 19.4. The summed E-state index contributed by atoms with van der Waals surface area (Å²) in [6, 6.07) is 1.73. The first-order chi connectivity index (χ1) is 7.89. The molecule has 1 aromatic heterocycles. The molecular weight excluding hydrogens is 235 g/mol. The number of pyridine rings is 1. The lowest BCUT2D eigenvalue weighted by Crippen LogP contribution is -2.55. The molecule has 0 spiro atoms. The van der Waals surface area contributed by atoms with Crippen LogP contribution >= 0.6 is 0 Å². The summed E-state index contributed by atoms with van der Waals surface area (Å²) in [4.78, 5) is 16.2. The van der Waals surface area contributed by atoms with Crippen LogP contribution in [0.1, 0.15) is 12.0 Å². The Bertz CT molecular complexity index is 429. The molecule has 2 rings (SSSR count). The summed E-state index contributed by atoms with van der Waals surface area (Å²) in [6.45, 7) is 0.575. The molecule has 1 aliphatic heterocycles. The Morgan fingerprint density at radius 1 is 1.47 bits per heavy atom. The summed E-state index contributed by atoms with van der Waals surface area (Å²) < 4.78 is 36.9. The van der Waals surface area contributed by atoms with Gasteiger partial charge in [-0.25, -0.2) is 4.98 Å². The minimum absolute atomic E-state index is 0.341. The maximum absolute atomic E-state index is 12.3. The van der Waals surface area contributed by atoms with Crippen molar-refractivity contribution in [2.45, 2.75) is 18.6 Å². The third kappa shape index (κ3) is 2.17. The van der Waals surface area contributed by atoms with Crippen molar-refractivity contribution in [3.8, 4) is 0 Å². The number of hydrogen-bond acceptors (Lipinski definition) is 3. The van der Waals surface area contributed by atoms with Crippen LogP contribution in [0, 0.1) is 0 Å². The van der Waals surface area contributed by atoms with Crippen molar-refractivity contribution in [2.24, 2.45) is 5.73 Å². The number of halogens is 3. The SMILES string of the molecule is NC(=O)[C@@H]1CCN1c1ccc(C(F)(F)F)cn1. The standard InChI is InChI=1S/C10H10F3N3O/c11-10(12,13)6-1-2-8(15-5-6)16-4-3-7(16)9(14)17/h1-2,5,7H,3-4H2,(H2,14,17)/t7-/m0/s1. The van der Waals surface area contributed by atoms with Crippen LogP contribution in [0.2, 0.25) is 0 Å². The Balaban J connectivity index is 2.16. The molecule has 1 aromatic rings. The number of amides is 1. The number of aromatic nitrogens is 1.